The number of benzene rings is 1. The second-order valence-electron chi connectivity index (χ2n) is 8.07. The van der Waals surface area contributed by atoms with Crippen LogP contribution in [0.3, 0.4) is 0 Å². The lowest BCUT2D eigenvalue weighted by atomic mass is 10.2. The molecule has 0 radical (unpaired) electrons. The van der Waals surface area contributed by atoms with Crippen LogP contribution in [0.5, 0.6) is 5.75 Å². The molecule has 1 amide bonds. The molecule has 33 heavy (non-hydrogen) atoms. The van der Waals surface area contributed by atoms with Crippen molar-refractivity contribution in [3.8, 4) is 11.6 Å². The zero-order valence-corrected chi connectivity index (χ0v) is 20.4. The summed E-state index contributed by atoms with van der Waals surface area (Å²) < 4.78 is 37.9. The predicted molar refractivity (Wildman–Crippen MR) is 130 cm³/mol. The fraction of sp³-hybridized carbons (Fsp3) is 0.391. The topological polar surface area (TPSA) is 107 Å². The molecule has 0 aliphatic rings. The molecule has 0 fully saturated rings. The Morgan fingerprint density at radius 1 is 1.27 bits per heavy atom. The number of aromatic nitrogens is 3. The van der Waals surface area contributed by atoms with Gasteiger partial charge in [-0.3, -0.25) is 9.48 Å². The second kappa shape index (κ2) is 10.2. The Kier molecular flexibility index (Phi) is 7.60. The Labute approximate surface area is 194 Å². The smallest absolute Gasteiger partial charge is 0.301 e. The van der Waals surface area contributed by atoms with Gasteiger partial charge in [0.25, 0.3) is 5.91 Å². The average molecular weight is 474 g/mol. The molecule has 9 nitrogen and oxygen atoms in total. The summed E-state index contributed by atoms with van der Waals surface area (Å²) >= 11 is 0. The van der Waals surface area contributed by atoms with E-state index in [0.29, 0.717) is 17.7 Å². The molecule has 3 aromatic rings. The molecule has 2 aromatic heterocycles. The summed E-state index contributed by atoms with van der Waals surface area (Å²) in [7, 11) is -2.08. The van der Waals surface area contributed by atoms with E-state index in [-0.39, 0.29) is 12.6 Å². The van der Waals surface area contributed by atoms with E-state index in [0.717, 1.165) is 28.9 Å². The van der Waals surface area contributed by atoms with Crippen LogP contribution in [-0.4, -0.2) is 41.3 Å². The van der Waals surface area contributed by atoms with Crippen LogP contribution in [0.4, 0.5) is 0 Å². The second-order valence-corrected chi connectivity index (χ2v) is 9.57. The number of ether oxygens (including phenoxy) is 1. The van der Waals surface area contributed by atoms with E-state index < -0.39 is 16.1 Å². The summed E-state index contributed by atoms with van der Waals surface area (Å²) in [6.45, 7) is 8.01. The van der Waals surface area contributed by atoms with E-state index in [4.69, 9.17) is 4.74 Å². The van der Waals surface area contributed by atoms with Crippen LogP contribution in [0, 0.1) is 6.92 Å². The van der Waals surface area contributed by atoms with E-state index in [1.807, 2.05) is 74.5 Å². The molecule has 0 saturated heterocycles. The average Bonchev–Trinajstić information content (AvgIpc) is 3.24. The van der Waals surface area contributed by atoms with Crippen LogP contribution < -0.4 is 14.2 Å². The van der Waals surface area contributed by atoms with Crippen molar-refractivity contribution in [1.29, 1.82) is 0 Å². The fourth-order valence-corrected chi connectivity index (χ4v) is 4.34. The molecule has 3 rings (SSSR count). The molecule has 0 aliphatic heterocycles. The number of rotatable bonds is 10. The lowest BCUT2D eigenvalue weighted by Gasteiger charge is -2.12. The quantitative estimate of drug-likeness (QED) is 0.347. The van der Waals surface area contributed by atoms with E-state index in [1.165, 1.54) is 6.08 Å². The molecule has 0 unspecified atom stereocenters. The maximum absolute atomic E-state index is 12.3. The van der Waals surface area contributed by atoms with Gasteiger partial charge in [0.2, 0.25) is 0 Å². The maximum atomic E-state index is 12.3. The highest BCUT2D eigenvalue weighted by Gasteiger charge is 2.17. The SMILES string of the molecule is CCCCNS(=O)(=O)NC(=O)/C=C/c1c(C)nn(C)c1-n1ccc2ccc(OC(C)C)cc21. The number of amides is 1. The van der Waals surface area contributed by atoms with Gasteiger partial charge in [-0.15, -0.1) is 0 Å². The molecule has 1 aromatic carbocycles. The third-order valence-corrected chi connectivity index (χ3v) is 6.01. The first-order valence-corrected chi connectivity index (χ1v) is 12.4. The number of carbonyl (C=O) groups is 1. The van der Waals surface area contributed by atoms with Crippen LogP contribution in [0.1, 0.15) is 44.9 Å². The molecule has 0 aliphatic carbocycles. The fourth-order valence-electron chi connectivity index (χ4n) is 3.53. The molecule has 2 heterocycles. The highest BCUT2D eigenvalue weighted by atomic mass is 32.2. The van der Waals surface area contributed by atoms with Gasteiger partial charge >= 0.3 is 10.2 Å². The Morgan fingerprint density at radius 3 is 2.73 bits per heavy atom. The number of nitrogens with zero attached hydrogens (tertiary/aromatic N) is 3. The van der Waals surface area contributed by atoms with Crippen molar-refractivity contribution < 1.29 is 17.9 Å². The van der Waals surface area contributed by atoms with Gasteiger partial charge < -0.3 is 9.30 Å². The van der Waals surface area contributed by atoms with Crippen LogP contribution in [0.25, 0.3) is 22.8 Å². The van der Waals surface area contributed by atoms with Crippen molar-refractivity contribution in [3.05, 3.63) is 47.8 Å². The number of nitrogens with one attached hydrogen (secondary N) is 2. The van der Waals surface area contributed by atoms with Crippen molar-refractivity contribution in [2.75, 3.05) is 6.54 Å². The van der Waals surface area contributed by atoms with Gasteiger partial charge in [0.15, 0.2) is 0 Å². The highest BCUT2D eigenvalue weighted by Crippen LogP contribution is 2.28. The van der Waals surface area contributed by atoms with Crippen LogP contribution in [0.15, 0.2) is 36.5 Å². The largest absolute Gasteiger partial charge is 0.491 e. The number of hydrogen-bond donors (Lipinski definition) is 2. The zero-order valence-electron chi connectivity index (χ0n) is 19.6. The third kappa shape index (κ3) is 6.02. The minimum absolute atomic E-state index is 0.0505. The Balaban J connectivity index is 1.91. The first-order valence-electron chi connectivity index (χ1n) is 10.9. The van der Waals surface area contributed by atoms with E-state index in [9.17, 15) is 13.2 Å². The molecule has 178 valence electrons. The number of aryl methyl sites for hydroxylation is 2. The number of hydrogen-bond acceptors (Lipinski definition) is 5. The number of fused-ring (bicyclic) bond motifs is 1. The summed E-state index contributed by atoms with van der Waals surface area (Å²) in [4.78, 5) is 12.3. The van der Waals surface area contributed by atoms with Gasteiger partial charge in [-0.2, -0.15) is 18.2 Å². The first kappa shape index (κ1) is 24.5. The Morgan fingerprint density at radius 2 is 2.03 bits per heavy atom. The van der Waals surface area contributed by atoms with Crippen molar-refractivity contribution >= 4 is 33.1 Å². The van der Waals surface area contributed by atoms with Crippen LogP contribution in [-0.2, 0) is 22.1 Å². The number of carbonyl (C=O) groups excluding carboxylic acids is 1. The summed E-state index contributed by atoms with van der Waals surface area (Å²) in [5, 5.41) is 5.53. The molecule has 0 bridgehead atoms. The van der Waals surface area contributed by atoms with Crippen LogP contribution in [0.2, 0.25) is 0 Å². The third-order valence-electron chi connectivity index (χ3n) is 4.96. The van der Waals surface area contributed by atoms with Crippen molar-refractivity contribution in [2.24, 2.45) is 7.05 Å². The molecule has 0 atom stereocenters. The van der Waals surface area contributed by atoms with Gasteiger partial charge in [-0.05, 0) is 51.5 Å². The van der Waals surface area contributed by atoms with E-state index >= 15 is 0 Å². The highest BCUT2D eigenvalue weighted by molar-refractivity contribution is 7.88. The van der Waals surface area contributed by atoms with Gasteiger partial charge in [0.1, 0.15) is 11.6 Å². The van der Waals surface area contributed by atoms with Gasteiger partial charge in [0, 0.05) is 42.9 Å². The van der Waals surface area contributed by atoms with Crippen molar-refractivity contribution in [2.45, 2.75) is 46.6 Å². The molecular formula is C23H31N5O4S. The maximum Gasteiger partial charge on any atom is 0.301 e. The van der Waals surface area contributed by atoms with Gasteiger partial charge in [-0.1, -0.05) is 13.3 Å². The monoisotopic (exact) mass is 473 g/mol. The van der Waals surface area contributed by atoms with Gasteiger partial charge in [-0.25, -0.2) is 4.72 Å². The Bertz CT molecular complexity index is 1270. The normalized spacial score (nSPS) is 12.2. The standard InChI is InChI=1S/C23H31N5O4S/c1-6-7-13-24-33(30,31)26-22(29)11-10-20-17(4)25-27(5)23(20)28-14-12-18-8-9-19(15-21(18)28)32-16(2)3/h8-12,14-16,24H,6-7,13H2,1-5H3,(H,26,29)/b11-10+. The summed E-state index contributed by atoms with van der Waals surface area (Å²) in [5.41, 5.74) is 2.34. The van der Waals surface area contributed by atoms with Crippen molar-refractivity contribution in [3.63, 3.8) is 0 Å². The zero-order chi connectivity index (χ0) is 24.2. The lowest BCUT2D eigenvalue weighted by Crippen LogP contribution is -2.39. The van der Waals surface area contributed by atoms with Crippen molar-refractivity contribution in [1.82, 2.24) is 23.8 Å². The summed E-state index contributed by atoms with van der Waals surface area (Å²) in [6, 6.07) is 7.88. The lowest BCUT2D eigenvalue weighted by molar-refractivity contribution is -0.114. The molecular weight excluding hydrogens is 442 g/mol. The van der Waals surface area contributed by atoms with Crippen LogP contribution >= 0.6 is 0 Å². The summed E-state index contributed by atoms with van der Waals surface area (Å²) in [5.74, 6) is 0.768. The van der Waals surface area contributed by atoms with E-state index in [2.05, 4.69) is 9.82 Å². The predicted octanol–water partition coefficient (Wildman–Crippen LogP) is 3.22. The molecule has 2 N–H and O–H groups in total. The van der Waals surface area contributed by atoms with Gasteiger partial charge in [0.05, 0.1) is 17.3 Å². The molecule has 10 heteroatoms. The minimum Gasteiger partial charge on any atom is -0.491 e. The number of unbranched alkanes of at least 4 members (excludes halogenated alkanes) is 1. The summed E-state index contributed by atoms with van der Waals surface area (Å²) in [6.07, 6.45) is 6.30. The Hall–Kier alpha value is -3.11. The molecule has 0 spiro atoms. The first-order chi connectivity index (χ1) is 15.6. The van der Waals surface area contributed by atoms with E-state index in [1.54, 1.807) is 10.8 Å². The molecule has 0 saturated carbocycles. The minimum atomic E-state index is -3.90.